The summed E-state index contributed by atoms with van der Waals surface area (Å²) in [5, 5.41) is 3.17. The molecule has 4 nitrogen and oxygen atoms in total. The Morgan fingerprint density at radius 1 is 1.53 bits per heavy atom. The van der Waals surface area contributed by atoms with E-state index in [4.69, 9.17) is 4.74 Å². The molecule has 1 atom stereocenters. The summed E-state index contributed by atoms with van der Waals surface area (Å²) in [6, 6.07) is 7.35. The molecular weight excluding hydrogens is 264 g/mol. The van der Waals surface area contributed by atoms with Crippen LogP contribution < -0.4 is 10.1 Å². The third kappa shape index (κ3) is 3.85. The molecule has 2 rings (SSSR count). The normalized spacial score (nSPS) is 18.0. The molecule has 5 heteroatoms. The fourth-order valence-corrected chi connectivity index (χ4v) is 2.41. The number of halogens is 1. The highest BCUT2D eigenvalue weighted by molar-refractivity contribution is 5.94. The largest absolute Gasteiger partial charge is 0.497 e. The van der Waals surface area contributed by atoms with E-state index in [1.807, 2.05) is 30.1 Å². The first kappa shape index (κ1) is 15.8. The van der Waals surface area contributed by atoms with E-state index in [1.165, 1.54) is 0 Å². The number of nitrogens with one attached hydrogen (secondary N) is 1. The molecular formula is C14H21ClN2O2. The van der Waals surface area contributed by atoms with Crippen molar-refractivity contribution in [2.75, 3.05) is 33.8 Å². The maximum Gasteiger partial charge on any atom is 0.253 e. The summed E-state index contributed by atoms with van der Waals surface area (Å²) in [7, 11) is 3.56. The first-order valence-electron chi connectivity index (χ1n) is 6.32. The van der Waals surface area contributed by atoms with Crippen LogP contribution in [0.15, 0.2) is 24.3 Å². The van der Waals surface area contributed by atoms with E-state index in [0.717, 1.165) is 31.8 Å². The summed E-state index contributed by atoms with van der Waals surface area (Å²) in [6.45, 7) is 2.67. The molecule has 1 aromatic rings. The van der Waals surface area contributed by atoms with Crippen LogP contribution in [-0.4, -0.2) is 44.6 Å². The van der Waals surface area contributed by atoms with Crippen LogP contribution in [0.1, 0.15) is 16.8 Å². The van der Waals surface area contributed by atoms with Gasteiger partial charge in [-0.15, -0.1) is 12.4 Å². The lowest BCUT2D eigenvalue weighted by atomic mass is 10.1. The van der Waals surface area contributed by atoms with Crippen molar-refractivity contribution in [1.29, 1.82) is 0 Å². The molecule has 1 aliphatic rings. The Balaban J connectivity index is 0.00000180. The van der Waals surface area contributed by atoms with Gasteiger partial charge in [-0.2, -0.15) is 0 Å². The van der Waals surface area contributed by atoms with E-state index in [0.29, 0.717) is 11.5 Å². The fraction of sp³-hybridized carbons (Fsp3) is 0.500. The molecule has 1 heterocycles. The fourth-order valence-electron chi connectivity index (χ4n) is 2.41. The number of carbonyl (C=O) groups excluding carboxylic acids is 1. The number of benzene rings is 1. The first-order chi connectivity index (χ1) is 8.74. The number of methoxy groups -OCH3 is 1. The molecule has 0 aromatic heterocycles. The maximum absolute atomic E-state index is 12.3. The van der Waals surface area contributed by atoms with Crippen LogP contribution in [-0.2, 0) is 0 Å². The summed E-state index contributed by atoms with van der Waals surface area (Å²) < 4.78 is 5.15. The highest BCUT2D eigenvalue weighted by atomic mass is 35.5. The van der Waals surface area contributed by atoms with E-state index in [9.17, 15) is 4.79 Å². The summed E-state index contributed by atoms with van der Waals surface area (Å²) in [4.78, 5) is 14.2. The number of hydrogen-bond donors (Lipinski definition) is 1. The summed E-state index contributed by atoms with van der Waals surface area (Å²) >= 11 is 0. The first-order valence-corrected chi connectivity index (χ1v) is 6.32. The van der Waals surface area contributed by atoms with Crippen molar-refractivity contribution >= 4 is 18.3 Å². The second-order valence-corrected chi connectivity index (χ2v) is 4.70. The molecule has 1 N–H and O–H groups in total. The lowest BCUT2D eigenvalue weighted by Gasteiger charge is -2.17. The van der Waals surface area contributed by atoms with Crippen LogP contribution in [0.2, 0.25) is 0 Å². The molecule has 1 saturated heterocycles. The number of hydrogen-bond acceptors (Lipinski definition) is 3. The van der Waals surface area contributed by atoms with Crippen LogP contribution in [0.5, 0.6) is 5.75 Å². The minimum Gasteiger partial charge on any atom is -0.497 e. The lowest BCUT2D eigenvalue weighted by molar-refractivity contribution is 0.0787. The SMILES string of the molecule is CNCC1CCN(C(=O)c2cccc(OC)c2)C1.Cl. The van der Waals surface area contributed by atoms with Gasteiger partial charge in [0.15, 0.2) is 0 Å². The molecule has 0 saturated carbocycles. The molecule has 19 heavy (non-hydrogen) atoms. The molecule has 0 radical (unpaired) electrons. The van der Waals surface area contributed by atoms with Gasteiger partial charge in [0.2, 0.25) is 0 Å². The second-order valence-electron chi connectivity index (χ2n) is 4.70. The van der Waals surface area contributed by atoms with Gasteiger partial charge in [0, 0.05) is 18.7 Å². The van der Waals surface area contributed by atoms with E-state index in [1.54, 1.807) is 13.2 Å². The van der Waals surface area contributed by atoms with Crippen molar-refractivity contribution in [2.24, 2.45) is 5.92 Å². The smallest absolute Gasteiger partial charge is 0.253 e. The molecule has 1 aromatic carbocycles. The third-order valence-electron chi connectivity index (χ3n) is 3.38. The van der Waals surface area contributed by atoms with Gasteiger partial charge in [0.1, 0.15) is 5.75 Å². The van der Waals surface area contributed by atoms with E-state index in [-0.39, 0.29) is 18.3 Å². The lowest BCUT2D eigenvalue weighted by Crippen LogP contribution is -2.30. The number of nitrogens with zero attached hydrogens (tertiary/aromatic N) is 1. The van der Waals surface area contributed by atoms with Crippen LogP contribution in [0.25, 0.3) is 0 Å². The van der Waals surface area contributed by atoms with Gasteiger partial charge in [0.05, 0.1) is 7.11 Å². The zero-order valence-corrected chi connectivity index (χ0v) is 12.2. The van der Waals surface area contributed by atoms with Crippen molar-refractivity contribution < 1.29 is 9.53 Å². The Morgan fingerprint density at radius 2 is 2.32 bits per heavy atom. The Bertz CT molecular complexity index is 426. The Labute approximate surface area is 120 Å². The van der Waals surface area contributed by atoms with Gasteiger partial charge < -0.3 is 15.0 Å². The zero-order valence-electron chi connectivity index (χ0n) is 11.4. The monoisotopic (exact) mass is 284 g/mol. The molecule has 0 aliphatic carbocycles. The van der Waals surface area contributed by atoms with Crippen molar-refractivity contribution in [3.63, 3.8) is 0 Å². The van der Waals surface area contributed by atoms with Crippen molar-refractivity contribution in [3.05, 3.63) is 29.8 Å². The van der Waals surface area contributed by atoms with Crippen LogP contribution >= 0.6 is 12.4 Å². The van der Waals surface area contributed by atoms with Gasteiger partial charge in [-0.05, 0) is 44.1 Å². The van der Waals surface area contributed by atoms with E-state index in [2.05, 4.69) is 5.32 Å². The second kappa shape index (κ2) is 7.36. The quantitative estimate of drug-likeness (QED) is 0.917. The number of carbonyl (C=O) groups is 1. The summed E-state index contributed by atoms with van der Waals surface area (Å²) in [5.74, 6) is 1.41. The van der Waals surface area contributed by atoms with E-state index >= 15 is 0 Å². The average molecular weight is 285 g/mol. The molecule has 106 valence electrons. The highest BCUT2D eigenvalue weighted by Gasteiger charge is 2.26. The number of ether oxygens (including phenoxy) is 1. The summed E-state index contributed by atoms with van der Waals surface area (Å²) in [5.41, 5.74) is 0.708. The van der Waals surface area contributed by atoms with Crippen molar-refractivity contribution in [3.8, 4) is 5.75 Å². The minimum atomic E-state index is 0. The average Bonchev–Trinajstić information content (AvgIpc) is 2.87. The van der Waals surface area contributed by atoms with Crippen molar-refractivity contribution in [2.45, 2.75) is 6.42 Å². The van der Waals surface area contributed by atoms with Gasteiger partial charge in [-0.3, -0.25) is 4.79 Å². The minimum absolute atomic E-state index is 0. The van der Waals surface area contributed by atoms with Gasteiger partial charge in [-0.25, -0.2) is 0 Å². The third-order valence-corrected chi connectivity index (χ3v) is 3.38. The number of rotatable bonds is 4. The molecule has 1 unspecified atom stereocenters. The van der Waals surface area contributed by atoms with Gasteiger partial charge in [0.25, 0.3) is 5.91 Å². The van der Waals surface area contributed by atoms with Crippen LogP contribution in [0.4, 0.5) is 0 Å². The number of likely N-dealkylation sites (tertiary alicyclic amines) is 1. The highest BCUT2D eigenvalue weighted by Crippen LogP contribution is 2.20. The van der Waals surface area contributed by atoms with Gasteiger partial charge in [-0.1, -0.05) is 6.07 Å². The Kier molecular flexibility index (Phi) is 6.12. The summed E-state index contributed by atoms with van der Waals surface area (Å²) in [6.07, 6.45) is 1.08. The topological polar surface area (TPSA) is 41.6 Å². The Hall–Kier alpha value is -1.26. The molecule has 1 fully saturated rings. The standard InChI is InChI=1S/C14H20N2O2.ClH/c1-15-9-11-6-7-16(10-11)14(17)12-4-3-5-13(8-12)18-2;/h3-5,8,11,15H,6-7,9-10H2,1-2H3;1H. The van der Waals surface area contributed by atoms with Crippen molar-refractivity contribution in [1.82, 2.24) is 10.2 Å². The Morgan fingerprint density at radius 3 is 3.00 bits per heavy atom. The molecule has 1 amide bonds. The molecule has 1 aliphatic heterocycles. The van der Waals surface area contributed by atoms with Crippen LogP contribution in [0.3, 0.4) is 0 Å². The van der Waals surface area contributed by atoms with Crippen LogP contribution in [0, 0.1) is 5.92 Å². The van der Waals surface area contributed by atoms with E-state index < -0.39 is 0 Å². The zero-order chi connectivity index (χ0) is 13.0. The van der Waals surface area contributed by atoms with Gasteiger partial charge >= 0.3 is 0 Å². The predicted octanol–water partition coefficient (Wildman–Crippen LogP) is 1.80. The number of amides is 1. The predicted molar refractivity (Wildman–Crippen MR) is 78.2 cm³/mol. The molecule has 0 bridgehead atoms. The maximum atomic E-state index is 12.3. The molecule has 0 spiro atoms.